The normalized spacial score (nSPS) is 11.8. The van der Waals surface area contributed by atoms with Crippen molar-refractivity contribution in [2.45, 2.75) is 0 Å². The van der Waals surface area contributed by atoms with E-state index in [0.29, 0.717) is 23.0 Å². The second-order valence-electron chi connectivity index (χ2n) is 9.77. The maximum absolute atomic E-state index is 14.4. The fourth-order valence-electron chi connectivity index (χ4n) is 4.55. The summed E-state index contributed by atoms with van der Waals surface area (Å²) in [7, 11) is -4.41. The van der Waals surface area contributed by atoms with Gasteiger partial charge in [-0.2, -0.15) is 0 Å². The summed E-state index contributed by atoms with van der Waals surface area (Å²) in [5.41, 5.74) is 0.350. The van der Waals surface area contributed by atoms with E-state index in [4.69, 9.17) is 27.1 Å². The van der Waals surface area contributed by atoms with Crippen molar-refractivity contribution in [1.29, 1.82) is 0 Å². The van der Waals surface area contributed by atoms with Crippen molar-refractivity contribution >= 4 is 28.8 Å². The van der Waals surface area contributed by atoms with E-state index in [2.05, 4.69) is 19.9 Å². The van der Waals surface area contributed by atoms with Crippen molar-refractivity contribution in [2.75, 3.05) is 0 Å². The molecule has 1 aliphatic carbocycles. The summed E-state index contributed by atoms with van der Waals surface area (Å²) in [4.78, 5) is 44.6. The minimum atomic E-state index is -2.21. The Labute approximate surface area is 276 Å². The average Bonchev–Trinajstić information content (AvgIpc) is 3.12. The largest absolute Gasteiger partial charge is 0.530 e. The molecule has 0 aliphatic heterocycles. The molecule has 0 unspecified atom stereocenters. The van der Waals surface area contributed by atoms with E-state index >= 15 is 0 Å². The molecule has 1 aliphatic rings. The van der Waals surface area contributed by atoms with E-state index in [-0.39, 0.29) is 33.8 Å². The predicted molar refractivity (Wildman–Crippen MR) is 174 cm³/mol. The molecule has 0 saturated heterocycles. The lowest BCUT2D eigenvalue weighted by molar-refractivity contribution is 0.0975. The lowest BCUT2D eigenvalue weighted by atomic mass is 9.83. The molecule has 2 aromatic carbocycles. The topological polar surface area (TPSA) is 141 Å². The second kappa shape index (κ2) is 14.2. The first-order valence-electron chi connectivity index (χ1n) is 14.3. The molecule has 0 radical (unpaired) electrons. The molecule has 7 rings (SSSR count). The van der Waals surface area contributed by atoms with Crippen LogP contribution in [0.15, 0.2) is 135 Å². The summed E-state index contributed by atoms with van der Waals surface area (Å²) in [6.07, 6.45) is 12.4. The van der Waals surface area contributed by atoms with Crippen molar-refractivity contribution in [2.24, 2.45) is 0 Å². The Balaban J connectivity index is 1.23. The first kappa shape index (κ1) is 30.7. The van der Waals surface area contributed by atoms with Gasteiger partial charge < -0.3 is 27.1 Å². The molecule has 14 heteroatoms. The number of nitrogens with zero attached hydrogens (tertiary/aromatic N) is 4. The Morgan fingerprint density at radius 2 is 0.750 bits per heavy atom. The van der Waals surface area contributed by atoms with Crippen molar-refractivity contribution < 1.29 is 36.7 Å². The van der Waals surface area contributed by atoms with Crippen LogP contribution in [0.2, 0.25) is 0 Å². The molecular formula is C34H22N4O8P2. The van der Waals surface area contributed by atoms with E-state index in [1.165, 1.54) is 24.8 Å². The van der Waals surface area contributed by atoms with Gasteiger partial charge in [0.2, 0.25) is 5.78 Å². The molecule has 236 valence electrons. The van der Waals surface area contributed by atoms with Crippen molar-refractivity contribution in [3.8, 4) is 34.5 Å². The van der Waals surface area contributed by atoms with Crippen LogP contribution in [0.1, 0.15) is 31.8 Å². The Hall–Kier alpha value is -5.96. The highest BCUT2D eigenvalue weighted by molar-refractivity contribution is 7.43. The first-order valence-corrected chi connectivity index (χ1v) is 16.4. The quantitative estimate of drug-likeness (QED) is 0.118. The maximum Gasteiger partial charge on any atom is 0.530 e. The van der Waals surface area contributed by atoms with Gasteiger partial charge in [-0.15, -0.1) is 0 Å². The van der Waals surface area contributed by atoms with E-state index in [1.807, 2.05) is 0 Å². The number of benzene rings is 2. The van der Waals surface area contributed by atoms with Gasteiger partial charge in [-0.1, -0.05) is 24.3 Å². The third kappa shape index (κ3) is 6.90. The van der Waals surface area contributed by atoms with Crippen LogP contribution in [0, 0.1) is 0 Å². The number of hydrogen-bond acceptors (Lipinski definition) is 12. The number of ketones is 2. The minimum Gasteiger partial charge on any atom is -0.408 e. The molecule has 0 fully saturated rings. The van der Waals surface area contributed by atoms with Crippen LogP contribution in [0.5, 0.6) is 34.5 Å². The zero-order valence-electron chi connectivity index (χ0n) is 24.7. The zero-order chi connectivity index (χ0) is 32.7. The molecule has 6 aromatic rings. The van der Waals surface area contributed by atoms with Crippen LogP contribution >= 0.6 is 17.2 Å². The summed E-state index contributed by atoms with van der Waals surface area (Å²) in [6, 6.07) is 23.0. The van der Waals surface area contributed by atoms with Crippen molar-refractivity contribution in [3.05, 3.63) is 157 Å². The molecule has 0 amide bonds. The molecule has 0 N–H and O–H groups in total. The van der Waals surface area contributed by atoms with Gasteiger partial charge in [0.15, 0.2) is 5.78 Å². The van der Waals surface area contributed by atoms with E-state index in [0.717, 1.165) is 0 Å². The lowest BCUT2D eigenvalue weighted by Crippen LogP contribution is -2.23. The summed E-state index contributed by atoms with van der Waals surface area (Å²) >= 11 is 0. The van der Waals surface area contributed by atoms with Crippen LogP contribution in [-0.4, -0.2) is 31.5 Å². The van der Waals surface area contributed by atoms with Crippen LogP contribution < -0.4 is 27.1 Å². The van der Waals surface area contributed by atoms with Crippen LogP contribution in [0.3, 0.4) is 0 Å². The number of hydrogen-bond donors (Lipinski definition) is 0. The summed E-state index contributed by atoms with van der Waals surface area (Å²) < 4.78 is 36.5. The number of pyridine rings is 4. The van der Waals surface area contributed by atoms with Gasteiger partial charge in [-0.25, -0.2) is 0 Å². The van der Waals surface area contributed by atoms with Gasteiger partial charge in [0.05, 0.1) is 35.9 Å². The fraction of sp³-hybridized carbons (Fsp3) is 0. The Morgan fingerprint density at radius 1 is 0.396 bits per heavy atom. The molecule has 48 heavy (non-hydrogen) atoms. The van der Waals surface area contributed by atoms with Crippen molar-refractivity contribution in [3.63, 3.8) is 0 Å². The monoisotopic (exact) mass is 676 g/mol. The van der Waals surface area contributed by atoms with Crippen LogP contribution in [0.25, 0.3) is 0 Å². The number of aromatic nitrogens is 4. The third-order valence-corrected chi connectivity index (χ3v) is 8.73. The molecule has 0 atom stereocenters. The number of rotatable bonds is 12. The summed E-state index contributed by atoms with van der Waals surface area (Å²) in [5.74, 6) is 0.727. The molecule has 0 saturated carbocycles. The second-order valence-corrected chi connectivity index (χ2v) is 11.8. The fourth-order valence-corrected chi connectivity index (χ4v) is 6.52. The van der Waals surface area contributed by atoms with Gasteiger partial charge in [-0.05, 0) is 60.7 Å². The standard InChI is InChI=1S/C34H22N4O8P2/c39-33-27-11-1-13-29(45-47(41-23-7-3-15-35-19-23)42-24-8-4-16-36-20-24)31(27)34(40)32-28(33)12-2-14-30(32)46-48(43-25-9-5-17-37-21-25)44-26-10-6-18-38-22-26/h1-22H. The average molecular weight is 677 g/mol. The molecule has 12 nitrogen and oxygen atoms in total. The Kier molecular flexibility index (Phi) is 9.08. The number of carbonyl (C=O) groups is 2. The highest BCUT2D eigenvalue weighted by Gasteiger charge is 2.37. The molecular weight excluding hydrogens is 654 g/mol. The maximum atomic E-state index is 14.4. The van der Waals surface area contributed by atoms with Gasteiger partial charge in [0.1, 0.15) is 34.5 Å². The Morgan fingerprint density at radius 3 is 1.06 bits per heavy atom. The van der Waals surface area contributed by atoms with Gasteiger partial charge in [0, 0.05) is 35.9 Å². The van der Waals surface area contributed by atoms with E-state index in [9.17, 15) is 9.59 Å². The van der Waals surface area contributed by atoms with Crippen molar-refractivity contribution in [1.82, 2.24) is 19.9 Å². The first-order chi connectivity index (χ1) is 23.6. The summed E-state index contributed by atoms with van der Waals surface area (Å²) in [6.45, 7) is 0. The molecule has 4 heterocycles. The smallest absolute Gasteiger partial charge is 0.408 e. The van der Waals surface area contributed by atoms with Gasteiger partial charge >= 0.3 is 17.2 Å². The molecule has 0 spiro atoms. The van der Waals surface area contributed by atoms with Gasteiger partial charge in [-0.3, -0.25) is 29.5 Å². The van der Waals surface area contributed by atoms with E-state index < -0.39 is 28.8 Å². The minimum absolute atomic E-state index is 0.0220. The lowest BCUT2D eigenvalue weighted by Gasteiger charge is -2.24. The SMILES string of the molecule is O=C1c2cccc(OP(Oc3cccnc3)Oc3cccnc3)c2C(=O)c2c(OP(Oc3cccnc3)Oc3cccnc3)cccc21. The third-order valence-electron chi connectivity index (χ3n) is 6.60. The van der Waals surface area contributed by atoms with Crippen LogP contribution in [0.4, 0.5) is 0 Å². The predicted octanol–water partition coefficient (Wildman–Crippen LogP) is 7.57. The van der Waals surface area contributed by atoms with Gasteiger partial charge in [0.25, 0.3) is 0 Å². The van der Waals surface area contributed by atoms with Crippen LogP contribution in [-0.2, 0) is 0 Å². The highest BCUT2D eigenvalue weighted by Crippen LogP contribution is 2.48. The molecule has 4 aromatic heterocycles. The zero-order valence-corrected chi connectivity index (χ0v) is 26.4. The Bertz CT molecular complexity index is 1820. The highest BCUT2D eigenvalue weighted by atomic mass is 31.2. The number of fused-ring (bicyclic) bond motifs is 2. The molecule has 0 bridgehead atoms. The van der Waals surface area contributed by atoms with E-state index in [1.54, 1.807) is 110 Å². The summed E-state index contributed by atoms with van der Waals surface area (Å²) in [5, 5.41) is 0. The number of carbonyl (C=O) groups excluding carboxylic acids is 2.